The molecular formula is C22H29F4N2O7PS. The Balaban J connectivity index is 1.92. The number of aliphatic hydroxyl groups excluding tert-OH is 2. The average molecular weight is 573 g/mol. The fourth-order valence-corrected chi connectivity index (χ4v) is 5.63. The number of pyridine rings is 2. The largest absolute Gasteiger partial charge is 0.433 e. The molecule has 208 valence electrons. The number of H-pyrrole nitrogens is 1. The van der Waals surface area contributed by atoms with E-state index in [1.54, 1.807) is 6.92 Å². The van der Waals surface area contributed by atoms with Gasteiger partial charge in [0.15, 0.2) is 5.34 Å². The Kier molecular flexibility index (Phi) is 8.31. The molecule has 7 unspecified atom stereocenters. The van der Waals surface area contributed by atoms with E-state index in [1.165, 1.54) is 13.8 Å². The van der Waals surface area contributed by atoms with Gasteiger partial charge in [-0.3, -0.25) is 4.57 Å². The number of nitrogens with zero attached hydrogens (tertiary/aromatic N) is 1. The van der Waals surface area contributed by atoms with Crippen molar-refractivity contribution in [2.45, 2.75) is 88.5 Å². The van der Waals surface area contributed by atoms with E-state index in [2.05, 4.69) is 9.97 Å². The summed E-state index contributed by atoms with van der Waals surface area (Å²) in [6.07, 6.45) is -10.5. The van der Waals surface area contributed by atoms with E-state index in [4.69, 9.17) is 21.5 Å². The summed E-state index contributed by atoms with van der Waals surface area (Å²) in [6.45, 7) is 5.81. The number of rotatable bonds is 8. The van der Waals surface area contributed by atoms with E-state index >= 15 is 0 Å². The van der Waals surface area contributed by atoms with Crippen LogP contribution in [0.25, 0.3) is 11.0 Å². The van der Waals surface area contributed by atoms with E-state index in [9.17, 15) is 42.3 Å². The molecule has 1 aliphatic rings. The standard InChI is InChI=1S/C22H29F4N2O7PS/c1-5-20(3,35-36(32,33)21(4,31)6-2)9-13-15(29)16(30)17(34-13)11-7-10-12(23)8-14(22(24,25)26)27-18(10)28-19(11)37/h7-8,13,15-17,29-31H,5-6,9H2,1-4H3,(H,32,33)(H,27,28,37). The lowest BCUT2D eigenvalue weighted by molar-refractivity contribution is -0.141. The van der Waals surface area contributed by atoms with Gasteiger partial charge in [-0.2, -0.15) is 13.2 Å². The lowest BCUT2D eigenvalue weighted by Gasteiger charge is -2.37. The van der Waals surface area contributed by atoms with Gasteiger partial charge >= 0.3 is 13.8 Å². The molecule has 15 heteroatoms. The third-order valence-corrected chi connectivity index (χ3v) is 9.32. The Hall–Kier alpha value is -1.51. The molecule has 2 aromatic heterocycles. The summed E-state index contributed by atoms with van der Waals surface area (Å²) >= 11 is 5.19. The van der Waals surface area contributed by atoms with Crippen molar-refractivity contribution in [3.05, 3.63) is 33.8 Å². The van der Waals surface area contributed by atoms with Crippen LogP contribution >= 0.6 is 19.8 Å². The number of alkyl halides is 3. The highest BCUT2D eigenvalue weighted by Crippen LogP contribution is 2.59. The van der Waals surface area contributed by atoms with Gasteiger partial charge < -0.3 is 34.5 Å². The molecule has 0 amide bonds. The SMILES string of the molecule is CCC(C)(CC1OC(c2cc3c(F)cc(C(F)(F)F)nc3[nH]c2=S)C(O)C1O)OP(=O)(O)C(C)(O)CC. The lowest BCUT2D eigenvalue weighted by Crippen LogP contribution is -2.40. The first-order valence-electron chi connectivity index (χ1n) is 11.4. The molecule has 0 saturated carbocycles. The van der Waals surface area contributed by atoms with Crippen LogP contribution < -0.4 is 0 Å². The number of hydrogen-bond acceptors (Lipinski definition) is 8. The van der Waals surface area contributed by atoms with Crippen molar-refractivity contribution in [3.8, 4) is 0 Å². The van der Waals surface area contributed by atoms with Crippen LogP contribution in [0.15, 0.2) is 12.1 Å². The Morgan fingerprint density at radius 3 is 2.35 bits per heavy atom. The van der Waals surface area contributed by atoms with Crippen LogP contribution in [0.5, 0.6) is 0 Å². The predicted octanol–water partition coefficient (Wildman–Crippen LogP) is 4.49. The molecule has 5 N–H and O–H groups in total. The molecule has 1 fully saturated rings. The number of ether oxygens (including phenoxy) is 1. The van der Waals surface area contributed by atoms with E-state index in [-0.39, 0.29) is 40.9 Å². The normalized spacial score (nSPS) is 27.6. The van der Waals surface area contributed by atoms with Crippen LogP contribution in [0.2, 0.25) is 0 Å². The fourth-order valence-electron chi connectivity index (χ4n) is 3.96. The zero-order valence-electron chi connectivity index (χ0n) is 20.4. The third kappa shape index (κ3) is 5.91. The van der Waals surface area contributed by atoms with Gasteiger partial charge in [0, 0.05) is 18.1 Å². The lowest BCUT2D eigenvalue weighted by atomic mass is 9.92. The van der Waals surface area contributed by atoms with E-state index in [1.807, 2.05) is 0 Å². The summed E-state index contributed by atoms with van der Waals surface area (Å²) in [5, 5.41) is 29.3. The summed E-state index contributed by atoms with van der Waals surface area (Å²) in [6, 6.07) is 1.32. The number of nitrogens with one attached hydrogen (secondary N) is 1. The summed E-state index contributed by atoms with van der Waals surface area (Å²) in [5.41, 5.74) is -3.29. The van der Waals surface area contributed by atoms with Crippen LogP contribution in [-0.4, -0.2) is 59.4 Å². The molecule has 9 nitrogen and oxygen atoms in total. The molecule has 0 aliphatic carbocycles. The Morgan fingerprint density at radius 1 is 1.19 bits per heavy atom. The second-order valence-corrected chi connectivity index (χ2v) is 12.2. The third-order valence-electron chi connectivity index (χ3n) is 6.76. The van der Waals surface area contributed by atoms with Gasteiger partial charge in [-0.25, -0.2) is 9.37 Å². The van der Waals surface area contributed by atoms with Crippen LogP contribution in [0.4, 0.5) is 17.6 Å². The second-order valence-electron chi connectivity index (χ2n) is 9.57. The maximum absolute atomic E-state index is 14.5. The monoisotopic (exact) mass is 572 g/mol. The number of aromatic nitrogens is 2. The van der Waals surface area contributed by atoms with Crippen molar-refractivity contribution in [1.29, 1.82) is 0 Å². The van der Waals surface area contributed by atoms with E-state index < -0.39 is 66.3 Å². The first kappa shape index (κ1) is 30.0. The predicted molar refractivity (Wildman–Crippen MR) is 127 cm³/mol. The first-order chi connectivity index (χ1) is 16.9. The average Bonchev–Trinajstić information content (AvgIpc) is 3.05. The van der Waals surface area contributed by atoms with Gasteiger partial charge in [0.25, 0.3) is 0 Å². The smallest absolute Gasteiger partial charge is 0.388 e. The van der Waals surface area contributed by atoms with Crippen molar-refractivity contribution in [2.75, 3.05) is 0 Å². The van der Waals surface area contributed by atoms with Crippen molar-refractivity contribution >= 4 is 30.8 Å². The molecule has 3 rings (SSSR count). The Morgan fingerprint density at radius 2 is 1.81 bits per heavy atom. The quantitative estimate of drug-likeness (QED) is 0.176. The first-order valence-corrected chi connectivity index (χ1v) is 13.4. The molecule has 2 aromatic rings. The number of fused-ring (bicyclic) bond motifs is 1. The molecule has 0 bridgehead atoms. The van der Waals surface area contributed by atoms with E-state index in [0.717, 1.165) is 13.0 Å². The zero-order chi connectivity index (χ0) is 28.1. The summed E-state index contributed by atoms with van der Waals surface area (Å²) < 4.78 is 77.4. The molecule has 1 saturated heterocycles. The number of aliphatic hydroxyl groups is 3. The fraction of sp³-hybridized carbons (Fsp3) is 0.636. The van der Waals surface area contributed by atoms with Crippen LogP contribution in [0, 0.1) is 10.5 Å². The van der Waals surface area contributed by atoms with E-state index in [0.29, 0.717) is 0 Å². The molecule has 0 aromatic carbocycles. The summed E-state index contributed by atoms with van der Waals surface area (Å²) in [5.74, 6) is -1.23. The molecule has 7 atom stereocenters. The van der Waals surface area contributed by atoms with Gasteiger partial charge in [0.05, 0.1) is 17.1 Å². The molecule has 3 heterocycles. The highest BCUT2D eigenvalue weighted by molar-refractivity contribution is 7.71. The van der Waals surface area contributed by atoms with Crippen molar-refractivity contribution in [2.24, 2.45) is 0 Å². The highest BCUT2D eigenvalue weighted by Gasteiger charge is 2.50. The minimum absolute atomic E-state index is 0.00197. The van der Waals surface area contributed by atoms with Crippen LogP contribution in [0.3, 0.4) is 0 Å². The molecular weight excluding hydrogens is 543 g/mol. The topological polar surface area (TPSA) is 145 Å². The number of halogens is 4. The number of hydrogen-bond donors (Lipinski definition) is 5. The van der Waals surface area contributed by atoms with Crippen LogP contribution in [0.1, 0.15) is 64.3 Å². The van der Waals surface area contributed by atoms with Gasteiger partial charge in [0.1, 0.15) is 40.1 Å². The minimum Gasteiger partial charge on any atom is -0.388 e. The summed E-state index contributed by atoms with van der Waals surface area (Å²) in [4.78, 5) is 16.2. The molecule has 1 aliphatic heterocycles. The van der Waals surface area contributed by atoms with Crippen LogP contribution in [-0.2, 0) is 20.0 Å². The molecule has 37 heavy (non-hydrogen) atoms. The highest BCUT2D eigenvalue weighted by atomic mass is 32.1. The molecule has 0 radical (unpaired) electrons. The van der Waals surface area contributed by atoms with Crippen molar-refractivity contribution in [3.63, 3.8) is 0 Å². The summed E-state index contributed by atoms with van der Waals surface area (Å²) in [7, 11) is -4.55. The maximum atomic E-state index is 14.5. The number of aromatic amines is 1. The molecule has 0 spiro atoms. The Labute approximate surface area is 215 Å². The van der Waals surface area contributed by atoms with Gasteiger partial charge in [-0.15, -0.1) is 0 Å². The maximum Gasteiger partial charge on any atom is 0.433 e. The zero-order valence-corrected chi connectivity index (χ0v) is 22.1. The second kappa shape index (κ2) is 10.2. The van der Waals surface area contributed by atoms with Gasteiger partial charge in [-0.1, -0.05) is 26.1 Å². The van der Waals surface area contributed by atoms with Gasteiger partial charge in [-0.05, 0) is 32.8 Å². The van der Waals surface area contributed by atoms with Gasteiger partial charge in [0.2, 0.25) is 0 Å². The van der Waals surface area contributed by atoms with Crippen molar-refractivity contribution < 1.29 is 51.6 Å². The Bertz CT molecular complexity index is 1270. The minimum atomic E-state index is -4.89. The van der Waals surface area contributed by atoms with Crippen molar-refractivity contribution in [1.82, 2.24) is 9.97 Å².